The smallest absolute Gasteiger partial charge is 0.118 e. The van der Waals surface area contributed by atoms with Gasteiger partial charge >= 0.3 is 0 Å². The normalized spacial score (nSPS) is 28.9. The maximum Gasteiger partial charge on any atom is 0.118 e. The molecule has 21 heavy (non-hydrogen) atoms. The monoisotopic (exact) mass is 288 g/mol. The minimum absolute atomic E-state index is 0.303. The molecule has 1 aliphatic heterocycles. The van der Waals surface area contributed by atoms with E-state index in [1.165, 1.54) is 31.4 Å². The van der Waals surface area contributed by atoms with E-state index in [0.29, 0.717) is 11.6 Å². The number of hydrogen-bond donors (Lipinski definition) is 1. The largest absolute Gasteiger partial charge is 0.497 e. The summed E-state index contributed by atoms with van der Waals surface area (Å²) in [5.74, 6) is 1.81. The Balaban J connectivity index is 1.73. The van der Waals surface area contributed by atoms with Crippen molar-refractivity contribution in [1.29, 1.82) is 0 Å². The quantitative estimate of drug-likeness (QED) is 0.920. The van der Waals surface area contributed by atoms with Crippen LogP contribution < -0.4 is 10.1 Å². The highest BCUT2D eigenvalue weighted by atomic mass is 16.5. The average Bonchev–Trinajstić information content (AvgIpc) is 3.34. The second-order valence-corrected chi connectivity index (χ2v) is 6.89. The number of nitrogens with zero attached hydrogens (tertiary/aromatic N) is 1. The highest BCUT2D eigenvalue weighted by molar-refractivity contribution is 5.29. The number of rotatable bonds is 4. The van der Waals surface area contributed by atoms with Gasteiger partial charge < -0.3 is 10.1 Å². The Morgan fingerprint density at radius 3 is 2.62 bits per heavy atom. The van der Waals surface area contributed by atoms with Gasteiger partial charge in [0.25, 0.3) is 0 Å². The number of methoxy groups -OCH3 is 1. The zero-order valence-corrected chi connectivity index (χ0v) is 13.6. The van der Waals surface area contributed by atoms with Crippen LogP contribution in [0.5, 0.6) is 5.75 Å². The highest BCUT2D eigenvalue weighted by Crippen LogP contribution is 2.41. The average molecular weight is 288 g/mol. The fourth-order valence-electron chi connectivity index (χ4n) is 3.63. The van der Waals surface area contributed by atoms with Gasteiger partial charge in [0, 0.05) is 24.7 Å². The summed E-state index contributed by atoms with van der Waals surface area (Å²) in [4.78, 5) is 2.65. The topological polar surface area (TPSA) is 24.5 Å². The van der Waals surface area contributed by atoms with E-state index in [-0.39, 0.29) is 0 Å². The number of hydrogen-bond acceptors (Lipinski definition) is 3. The van der Waals surface area contributed by atoms with Gasteiger partial charge in [0.2, 0.25) is 0 Å². The molecular formula is C18H28N2O. The van der Waals surface area contributed by atoms with Crippen molar-refractivity contribution in [3.63, 3.8) is 0 Å². The molecular weight excluding hydrogens is 260 g/mol. The van der Waals surface area contributed by atoms with E-state index in [1.54, 1.807) is 7.11 Å². The lowest BCUT2D eigenvalue weighted by Crippen LogP contribution is -2.51. The van der Waals surface area contributed by atoms with Crippen LogP contribution in [-0.2, 0) is 0 Å². The molecule has 2 unspecified atom stereocenters. The highest BCUT2D eigenvalue weighted by Gasteiger charge is 2.43. The molecule has 3 nitrogen and oxygen atoms in total. The molecule has 2 aliphatic rings. The predicted octanol–water partition coefficient (Wildman–Crippen LogP) is 3.22. The molecule has 0 aromatic heterocycles. The Morgan fingerprint density at radius 2 is 2.00 bits per heavy atom. The zero-order chi connectivity index (χ0) is 14.9. The number of benzene rings is 1. The van der Waals surface area contributed by atoms with Gasteiger partial charge in [-0.3, -0.25) is 4.90 Å². The lowest BCUT2D eigenvalue weighted by Gasteiger charge is -2.37. The van der Waals surface area contributed by atoms with Gasteiger partial charge in [0.1, 0.15) is 5.75 Å². The van der Waals surface area contributed by atoms with Crippen molar-refractivity contribution in [3.05, 3.63) is 29.8 Å². The Kier molecular flexibility index (Phi) is 4.23. The van der Waals surface area contributed by atoms with Crippen molar-refractivity contribution in [1.82, 2.24) is 10.2 Å². The lowest BCUT2D eigenvalue weighted by atomic mass is 9.94. The Morgan fingerprint density at radius 1 is 1.29 bits per heavy atom. The van der Waals surface area contributed by atoms with E-state index in [0.717, 1.165) is 24.8 Å². The summed E-state index contributed by atoms with van der Waals surface area (Å²) in [5, 5.41) is 3.81. The van der Waals surface area contributed by atoms with E-state index < -0.39 is 0 Å². The Hall–Kier alpha value is -1.06. The van der Waals surface area contributed by atoms with Crippen LogP contribution in [0.4, 0.5) is 0 Å². The van der Waals surface area contributed by atoms with Crippen molar-refractivity contribution in [2.45, 2.75) is 44.7 Å². The summed E-state index contributed by atoms with van der Waals surface area (Å²) >= 11 is 0. The third-order valence-corrected chi connectivity index (χ3v) is 5.31. The summed E-state index contributed by atoms with van der Waals surface area (Å²) < 4.78 is 5.26. The van der Waals surface area contributed by atoms with Crippen LogP contribution in [-0.4, -0.2) is 37.2 Å². The molecule has 1 aromatic rings. The van der Waals surface area contributed by atoms with Gasteiger partial charge in [-0.2, -0.15) is 0 Å². The van der Waals surface area contributed by atoms with Gasteiger partial charge in [-0.1, -0.05) is 12.1 Å². The van der Waals surface area contributed by atoms with Crippen molar-refractivity contribution in [3.8, 4) is 5.75 Å². The molecule has 0 bridgehead atoms. The van der Waals surface area contributed by atoms with Gasteiger partial charge in [-0.15, -0.1) is 0 Å². The van der Waals surface area contributed by atoms with Gasteiger partial charge in [0.05, 0.1) is 7.11 Å². The molecule has 3 rings (SSSR count). The predicted molar refractivity (Wildman–Crippen MR) is 86.7 cm³/mol. The van der Waals surface area contributed by atoms with E-state index in [9.17, 15) is 0 Å². The number of nitrogens with one attached hydrogen (secondary N) is 1. The van der Waals surface area contributed by atoms with Crippen molar-refractivity contribution >= 4 is 0 Å². The SMILES string of the molecule is COc1ccc(C(C)N2CCCNC(C)(C3CC3)C2)cc1. The first-order chi connectivity index (χ1) is 10.1. The maximum absolute atomic E-state index is 5.26. The molecule has 1 aromatic carbocycles. The molecule has 1 saturated heterocycles. The molecule has 1 heterocycles. The van der Waals surface area contributed by atoms with Crippen molar-refractivity contribution in [2.24, 2.45) is 5.92 Å². The first-order valence-electron chi connectivity index (χ1n) is 8.25. The zero-order valence-electron chi connectivity index (χ0n) is 13.6. The second kappa shape index (κ2) is 5.98. The molecule has 1 saturated carbocycles. The fourth-order valence-corrected chi connectivity index (χ4v) is 3.63. The maximum atomic E-state index is 5.26. The van der Waals surface area contributed by atoms with E-state index in [1.807, 2.05) is 0 Å². The van der Waals surface area contributed by atoms with Crippen LogP contribution in [0, 0.1) is 5.92 Å². The van der Waals surface area contributed by atoms with Crippen LogP contribution >= 0.6 is 0 Å². The third-order valence-electron chi connectivity index (χ3n) is 5.31. The molecule has 1 aliphatic carbocycles. The molecule has 2 fully saturated rings. The molecule has 0 amide bonds. The standard InChI is InChI=1S/C18H28N2O/c1-14(15-5-9-17(21-3)10-6-15)20-12-4-11-19-18(2,13-20)16-7-8-16/h5-6,9-10,14,16,19H,4,7-8,11-13H2,1-3H3. The van der Waals surface area contributed by atoms with Crippen LogP contribution in [0.2, 0.25) is 0 Å². The van der Waals surface area contributed by atoms with Gasteiger partial charge in [-0.05, 0) is 63.3 Å². The minimum atomic E-state index is 0.303. The van der Waals surface area contributed by atoms with Crippen molar-refractivity contribution < 1.29 is 4.74 Å². The summed E-state index contributed by atoms with van der Waals surface area (Å²) in [5.41, 5.74) is 1.69. The van der Waals surface area contributed by atoms with E-state index in [4.69, 9.17) is 4.74 Å². The Bertz CT molecular complexity index is 469. The second-order valence-electron chi connectivity index (χ2n) is 6.89. The third kappa shape index (κ3) is 3.24. The summed E-state index contributed by atoms with van der Waals surface area (Å²) in [6.07, 6.45) is 4.03. The first kappa shape index (κ1) is 14.9. The Labute approximate surface area is 128 Å². The fraction of sp³-hybridized carbons (Fsp3) is 0.667. The molecule has 0 spiro atoms. The molecule has 1 N–H and O–H groups in total. The van der Waals surface area contributed by atoms with Gasteiger partial charge in [-0.25, -0.2) is 0 Å². The summed E-state index contributed by atoms with van der Waals surface area (Å²) in [6.45, 7) is 8.25. The molecule has 116 valence electrons. The van der Waals surface area contributed by atoms with Crippen molar-refractivity contribution in [2.75, 3.05) is 26.7 Å². The summed E-state index contributed by atoms with van der Waals surface area (Å²) in [7, 11) is 1.72. The summed E-state index contributed by atoms with van der Waals surface area (Å²) in [6, 6.07) is 9.02. The lowest BCUT2D eigenvalue weighted by molar-refractivity contribution is 0.159. The molecule has 2 atom stereocenters. The van der Waals surface area contributed by atoms with Crippen LogP contribution in [0.1, 0.15) is 44.7 Å². The molecule has 3 heteroatoms. The van der Waals surface area contributed by atoms with Crippen LogP contribution in [0.3, 0.4) is 0 Å². The van der Waals surface area contributed by atoms with Crippen LogP contribution in [0.15, 0.2) is 24.3 Å². The van der Waals surface area contributed by atoms with Gasteiger partial charge in [0.15, 0.2) is 0 Å². The molecule has 0 radical (unpaired) electrons. The minimum Gasteiger partial charge on any atom is -0.497 e. The van der Waals surface area contributed by atoms with Crippen LogP contribution in [0.25, 0.3) is 0 Å². The first-order valence-corrected chi connectivity index (χ1v) is 8.25. The van der Waals surface area contributed by atoms with E-state index in [2.05, 4.69) is 48.3 Å². The number of ether oxygens (including phenoxy) is 1. The van der Waals surface area contributed by atoms with E-state index >= 15 is 0 Å².